The molecule has 1 aliphatic carbocycles. The van der Waals surface area contributed by atoms with Gasteiger partial charge in [-0.15, -0.1) is 5.10 Å². The van der Waals surface area contributed by atoms with Crippen LogP contribution in [0.4, 0.5) is 5.69 Å². The van der Waals surface area contributed by atoms with Crippen LogP contribution in [0, 0.1) is 0 Å². The van der Waals surface area contributed by atoms with Crippen LogP contribution >= 0.6 is 11.6 Å². The molecular formula is C13H13ClN4. The van der Waals surface area contributed by atoms with Gasteiger partial charge in [0.15, 0.2) is 5.82 Å². The van der Waals surface area contributed by atoms with Gasteiger partial charge >= 0.3 is 0 Å². The Morgan fingerprint density at radius 1 is 1.06 bits per heavy atom. The fourth-order valence-electron chi connectivity index (χ4n) is 2.20. The van der Waals surface area contributed by atoms with Crippen LogP contribution in [0.2, 0.25) is 5.02 Å². The first kappa shape index (κ1) is 11.4. The summed E-state index contributed by atoms with van der Waals surface area (Å²) in [6.45, 7) is 0. The standard InChI is InChI=1S/C13H13ClN4/c14-8-5-6-10(15)9(7-8)13-16-11-3-1-2-4-12(11)17-18-13/h5-7H,1-4,15H2. The van der Waals surface area contributed by atoms with Crippen molar-refractivity contribution in [2.75, 3.05) is 5.73 Å². The molecule has 0 atom stereocenters. The average Bonchev–Trinajstić information content (AvgIpc) is 2.41. The van der Waals surface area contributed by atoms with Crippen LogP contribution in [0.5, 0.6) is 0 Å². The van der Waals surface area contributed by atoms with Crippen LogP contribution in [0.25, 0.3) is 11.4 Å². The Balaban J connectivity index is 2.09. The van der Waals surface area contributed by atoms with Gasteiger partial charge in [0.2, 0.25) is 0 Å². The second kappa shape index (κ2) is 4.53. The lowest BCUT2D eigenvalue weighted by atomic mass is 10.0. The quantitative estimate of drug-likeness (QED) is 0.801. The third-order valence-corrected chi connectivity index (χ3v) is 3.41. The number of nitrogens with two attached hydrogens (primary N) is 1. The first-order chi connectivity index (χ1) is 8.74. The number of nitrogen functional groups attached to an aromatic ring is 1. The van der Waals surface area contributed by atoms with E-state index in [1.807, 2.05) is 0 Å². The van der Waals surface area contributed by atoms with E-state index in [1.165, 1.54) is 6.42 Å². The van der Waals surface area contributed by atoms with E-state index in [4.69, 9.17) is 17.3 Å². The van der Waals surface area contributed by atoms with Crippen molar-refractivity contribution in [3.63, 3.8) is 0 Å². The zero-order valence-corrected chi connectivity index (χ0v) is 10.6. The second-order valence-electron chi connectivity index (χ2n) is 4.47. The number of anilines is 1. The summed E-state index contributed by atoms with van der Waals surface area (Å²) < 4.78 is 0. The highest BCUT2D eigenvalue weighted by molar-refractivity contribution is 6.31. The van der Waals surface area contributed by atoms with Crippen molar-refractivity contribution in [3.05, 3.63) is 34.6 Å². The number of nitrogens with zero attached hydrogens (tertiary/aromatic N) is 3. The smallest absolute Gasteiger partial charge is 0.184 e. The number of hydrogen-bond donors (Lipinski definition) is 1. The van der Waals surface area contributed by atoms with Crippen LogP contribution in [0.15, 0.2) is 18.2 Å². The maximum atomic E-state index is 5.98. The fourth-order valence-corrected chi connectivity index (χ4v) is 2.37. The fraction of sp³-hybridized carbons (Fsp3) is 0.308. The van der Waals surface area contributed by atoms with Crippen molar-refractivity contribution >= 4 is 17.3 Å². The van der Waals surface area contributed by atoms with Crippen LogP contribution < -0.4 is 5.73 Å². The molecule has 0 spiro atoms. The van der Waals surface area contributed by atoms with Crippen molar-refractivity contribution in [2.24, 2.45) is 0 Å². The molecule has 1 heterocycles. The Morgan fingerprint density at radius 3 is 2.67 bits per heavy atom. The molecule has 0 saturated carbocycles. The van der Waals surface area contributed by atoms with Gasteiger partial charge in [0, 0.05) is 16.3 Å². The summed E-state index contributed by atoms with van der Waals surface area (Å²) in [5.41, 5.74) is 9.37. The van der Waals surface area contributed by atoms with E-state index in [0.29, 0.717) is 16.5 Å². The minimum atomic E-state index is 0.565. The summed E-state index contributed by atoms with van der Waals surface area (Å²) in [7, 11) is 0. The van der Waals surface area contributed by atoms with Gasteiger partial charge in [-0.05, 0) is 43.9 Å². The highest BCUT2D eigenvalue weighted by Crippen LogP contribution is 2.27. The highest BCUT2D eigenvalue weighted by atomic mass is 35.5. The van der Waals surface area contributed by atoms with Crippen molar-refractivity contribution in [1.29, 1.82) is 0 Å². The number of fused-ring (bicyclic) bond motifs is 1. The van der Waals surface area contributed by atoms with E-state index in [2.05, 4.69) is 15.2 Å². The van der Waals surface area contributed by atoms with Gasteiger partial charge in [-0.3, -0.25) is 0 Å². The molecule has 1 aromatic heterocycles. The van der Waals surface area contributed by atoms with E-state index in [-0.39, 0.29) is 0 Å². The number of hydrogen-bond acceptors (Lipinski definition) is 4. The summed E-state index contributed by atoms with van der Waals surface area (Å²) in [6.07, 6.45) is 4.27. The molecule has 4 nitrogen and oxygen atoms in total. The topological polar surface area (TPSA) is 64.7 Å². The van der Waals surface area contributed by atoms with Gasteiger partial charge in [-0.2, -0.15) is 5.10 Å². The van der Waals surface area contributed by atoms with Crippen LogP contribution in [-0.4, -0.2) is 15.2 Å². The van der Waals surface area contributed by atoms with Gasteiger partial charge in [0.25, 0.3) is 0 Å². The molecule has 0 unspecified atom stereocenters. The molecule has 3 rings (SSSR count). The Morgan fingerprint density at radius 2 is 1.83 bits per heavy atom. The molecule has 18 heavy (non-hydrogen) atoms. The zero-order chi connectivity index (χ0) is 12.5. The third kappa shape index (κ3) is 2.04. The van der Waals surface area contributed by atoms with Gasteiger partial charge < -0.3 is 5.73 Å². The zero-order valence-electron chi connectivity index (χ0n) is 9.86. The normalized spacial score (nSPS) is 14.3. The van der Waals surface area contributed by atoms with Gasteiger partial charge in [-0.1, -0.05) is 11.6 Å². The monoisotopic (exact) mass is 260 g/mol. The number of halogens is 1. The molecule has 1 aliphatic rings. The molecule has 0 bridgehead atoms. The molecule has 0 saturated heterocycles. The molecule has 1 aromatic carbocycles. The van der Waals surface area contributed by atoms with Crippen LogP contribution in [0.1, 0.15) is 24.2 Å². The molecule has 0 aliphatic heterocycles. The van der Waals surface area contributed by atoms with Gasteiger partial charge in [0.1, 0.15) is 0 Å². The molecular weight excluding hydrogens is 248 g/mol. The number of aryl methyl sites for hydroxylation is 2. The van der Waals surface area contributed by atoms with E-state index in [1.54, 1.807) is 18.2 Å². The molecule has 0 amide bonds. The summed E-state index contributed by atoms with van der Waals surface area (Å²) in [5.74, 6) is 0.565. The van der Waals surface area contributed by atoms with Crippen molar-refractivity contribution in [3.8, 4) is 11.4 Å². The summed E-state index contributed by atoms with van der Waals surface area (Å²) in [5, 5.41) is 9.05. The Hall–Kier alpha value is -1.68. The van der Waals surface area contributed by atoms with E-state index < -0.39 is 0 Å². The molecule has 0 radical (unpaired) electrons. The summed E-state index contributed by atoms with van der Waals surface area (Å²) in [6, 6.07) is 5.30. The van der Waals surface area contributed by atoms with E-state index >= 15 is 0 Å². The highest BCUT2D eigenvalue weighted by Gasteiger charge is 2.15. The van der Waals surface area contributed by atoms with Gasteiger partial charge in [0.05, 0.1) is 11.4 Å². The second-order valence-corrected chi connectivity index (χ2v) is 4.90. The van der Waals surface area contributed by atoms with Crippen LogP contribution in [-0.2, 0) is 12.8 Å². The number of benzene rings is 1. The molecule has 2 N–H and O–H groups in total. The largest absolute Gasteiger partial charge is 0.398 e. The van der Waals surface area contributed by atoms with Crippen molar-refractivity contribution in [1.82, 2.24) is 15.2 Å². The van der Waals surface area contributed by atoms with Crippen LogP contribution in [0.3, 0.4) is 0 Å². The Kier molecular flexibility index (Phi) is 2.88. The van der Waals surface area contributed by atoms with Crippen molar-refractivity contribution < 1.29 is 0 Å². The molecule has 2 aromatic rings. The predicted molar refractivity (Wildman–Crippen MR) is 71.3 cm³/mol. The Bertz CT molecular complexity index is 598. The number of rotatable bonds is 1. The maximum Gasteiger partial charge on any atom is 0.184 e. The predicted octanol–water partition coefficient (Wildman–Crippen LogP) is 2.65. The maximum absolute atomic E-state index is 5.98. The van der Waals surface area contributed by atoms with Gasteiger partial charge in [-0.25, -0.2) is 4.98 Å². The molecule has 0 fully saturated rings. The van der Waals surface area contributed by atoms with E-state index in [9.17, 15) is 0 Å². The molecule has 92 valence electrons. The lowest BCUT2D eigenvalue weighted by Gasteiger charge is -2.13. The number of aromatic nitrogens is 3. The SMILES string of the molecule is Nc1ccc(Cl)cc1-c1nnc2c(n1)CCCC2. The summed E-state index contributed by atoms with van der Waals surface area (Å²) in [4.78, 5) is 4.57. The lowest BCUT2D eigenvalue weighted by molar-refractivity contribution is 0.634. The first-order valence-corrected chi connectivity index (χ1v) is 6.40. The average molecular weight is 261 g/mol. The minimum absolute atomic E-state index is 0.565. The lowest BCUT2D eigenvalue weighted by Crippen LogP contribution is -2.10. The van der Waals surface area contributed by atoms with Crippen molar-refractivity contribution in [2.45, 2.75) is 25.7 Å². The van der Waals surface area contributed by atoms with E-state index in [0.717, 1.165) is 36.2 Å². The first-order valence-electron chi connectivity index (χ1n) is 6.02. The molecule has 5 heteroatoms. The third-order valence-electron chi connectivity index (χ3n) is 3.17. The Labute approximate surface area is 110 Å². The summed E-state index contributed by atoms with van der Waals surface area (Å²) >= 11 is 5.98. The minimum Gasteiger partial charge on any atom is -0.398 e.